The molecule has 2 aliphatic heterocycles. The molecule has 0 aromatic heterocycles. The Hall–Kier alpha value is -6.95. The summed E-state index contributed by atoms with van der Waals surface area (Å²) in [4.78, 5) is 176. The van der Waals surface area contributed by atoms with Crippen LogP contribution in [0.1, 0.15) is 204 Å². The van der Waals surface area contributed by atoms with Crippen molar-refractivity contribution in [2.75, 3.05) is 117 Å². The lowest BCUT2D eigenvalue weighted by atomic mass is 9.83. The maximum Gasteiger partial charge on any atom is 0.242 e. The summed E-state index contributed by atoms with van der Waals surface area (Å²) in [6, 6.07) is 14.9. The molecule has 4 rings (SSSR count). The van der Waals surface area contributed by atoms with Gasteiger partial charge < -0.3 is 64.1 Å². The van der Waals surface area contributed by atoms with E-state index >= 15 is 4.79 Å². The van der Waals surface area contributed by atoms with E-state index in [1.54, 1.807) is 61.8 Å². The molecule has 686 valence electrons. The zero-order valence-corrected chi connectivity index (χ0v) is 78.2. The van der Waals surface area contributed by atoms with Crippen molar-refractivity contribution in [2.45, 2.75) is 273 Å². The number of hydrogen-bond donors (Lipinski definition) is 4. The van der Waals surface area contributed by atoms with Gasteiger partial charge in [0.15, 0.2) is 11.6 Å². The molecule has 5 N–H and O–H groups in total. The van der Waals surface area contributed by atoms with Crippen LogP contribution in [0.5, 0.6) is 0 Å². The molecule has 27 heteroatoms. The number of methoxy groups -OCH3 is 4. The molecule has 0 radical (unpaired) electrons. The number of benzene rings is 2. The molecular formula is C94H158N10O17. The molecule has 2 heterocycles. The Balaban J connectivity index is 1.54. The summed E-state index contributed by atoms with van der Waals surface area (Å²) >= 11 is 0. The monoisotopic (exact) mass is 1700 g/mol. The van der Waals surface area contributed by atoms with Crippen LogP contribution in [0.25, 0.3) is 0 Å². The number of carbonyl (C=O) groups excluding carboxylic acids is 11. The van der Waals surface area contributed by atoms with Crippen LogP contribution in [0, 0.1) is 71.0 Å². The largest absolute Gasteiger partial charge is 0.379 e. The van der Waals surface area contributed by atoms with Gasteiger partial charge in [0, 0.05) is 130 Å². The van der Waals surface area contributed by atoms with Crippen molar-refractivity contribution in [3.8, 4) is 0 Å². The first kappa shape index (κ1) is 106. The van der Waals surface area contributed by atoms with Gasteiger partial charge in [-0.15, -0.1) is 0 Å². The molecule has 0 spiro atoms. The highest BCUT2D eigenvalue weighted by Crippen LogP contribution is 2.36. The number of Topliss-reactive ketones (excluding diaryl/α,β-unsaturated/α-hetero) is 4. The zero-order chi connectivity index (χ0) is 90.7. The Labute approximate surface area is 725 Å². The minimum Gasteiger partial charge on any atom is -0.379 e. The number of likely N-dealkylation sites (tertiary alicyclic amines) is 2. The van der Waals surface area contributed by atoms with Gasteiger partial charge in [-0.3, -0.25) is 62.5 Å². The second-order valence-electron chi connectivity index (χ2n) is 36.3. The van der Waals surface area contributed by atoms with E-state index < -0.39 is 102 Å². The zero-order valence-electron chi connectivity index (χ0n) is 78.2. The van der Waals surface area contributed by atoms with Gasteiger partial charge in [-0.25, -0.2) is 5.90 Å². The molecule has 2 saturated heterocycles. The van der Waals surface area contributed by atoms with Crippen molar-refractivity contribution < 1.29 is 81.3 Å². The van der Waals surface area contributed by atoms with Crippen LogP contribution in [0.15, 0.2) is 60.7 Å². The van der Waals surface area contributed by atoms with Crippen LogP contribution in [-0.4, -0.2) is 277 Å². The second-order valence-corrected chi connectivity index (χ2v) is 36.3. The van der Waals surface area contributed by atoms with Crippen molar-refractivity contribution in [1.29, 1.82) is 0 Å². The van der Waals surface area contributed by atoms with Gasteiger partial charge in [-0.1, -0.05) is 170 Å². The number of hydrogen-bond acceptors (Lipinski definition) is 20. The highest BCUT2D eigenvalue weighted by Gasteiger charge is 2.47. The highest BCUT2D eigenvalue weighted by atomic mass is 16.6. The number of amides is 7. The third-order valence-electron chi connectivity index (χ3n) is 25.9. The SMILES string of the molecule is CC[C@H](C)[C@@H]([C@@H](CC(=O)N1CCC[C@H]1[C@H](OC)[C@@H](C)C(=O)C[C@@H](Cc1ccccc1)C(=O)NCCCC[C@H](NC(=O)[C@@H](CC(=O)[C@H](C)[C@@H](OC)[C@@H]1CCCN1C(=O)C[C@@H](OC)[C@H]([C@@H](C)CC)N(C)C(=O)[C@@H](CC(=O)[C@H](C(C)C)N(C)C)C(C)C)Cc1ccccc1)C(=O)NCCOCCON)OC)N(C)C(=O)[C@@H](CC(=O)[C@H](C(C)C)N(C)C)C(C)C. The van der Waals surface area contributed by atoms with Crippen molar-refractivity contribution in [3.63, 3.8) is 0 Å². The average Bonchev–Trinajstić information content (AvgIpc) is 1.80. The molecule has 0 saturated carbocycles. The number of likely N-dealkylation sites (N-methyl/N-ethyl adjacent to an activating group) is 4. The summed E-state index contributed by atoms with van der Waals surface area (Å²) < 4.78 is 30.4. The Morgan fingerprint density at radius 1 is 0.463 bits per heavy atom. The maximum absolute atomic E-state index is 15.0. The summed E-state index contributed by atoms with van der Waals surface area (Å²) in [7, 11) is 17.2. The molecule has 0 unspecified atom stereocenters. The maximum atomic E-state index is 15.0. The molecule has 0 bridgehead atoms. The molecule has 7 amide bonds. The molecule has 121 heavy (non-hydrogen) atoms. The van der Waals surface area contributed by atoms with Gasteiger partial charge >= 0.3 is 0 Å². The molecule has 2 aromatic carbocycles. The number of nitrogens with two attached hydrogens (primary N) is 1. The van der Waals surface area contributed by atoms with Gasteiger partial charge in [0.1, 0.15) is 17.6 Å². The highest BCUT2D eigenvalue weighted by molar-refractivity contribution is 5.94. The summed E-state index contributed by atoms with van der Waals surface area (Å²) in [5, 5.41) is 8.99. The number of nitrogens with one attached hydrogen (secondary N) is 3. The van der Waals surface area contributed by atoms with Crippen molar-refractivity contribution in [2.24, 2.45) is 76.9 Å². The van der Waals surface area contributed by atoms with Crippen LogP contribution >= 0.6 is 0 Å². The third-order valence-corrected chi connectivity index (χ3v) is 25.9. The van der Waals surface area contributed by atoms with Crippen LogP contribution in [-0.2, 0) is 94.1 Å². The molecular weight excluding hydrogens is 1540 g/mol. The van der Waals surface area contributed by atoms with E-state index in [0.29, 0.717) is 64.5 Å². The number of rotatable bonds is 59. The minimum atomic E-state index is -1.09. The lowest BCUT2D eigenvalue weighted by Gasteiger charge is -2.41. The van der Waals surface area contributed by atoms with Crippen LogP contribution < -0.4 is 21.8 Å². The van der Waals surface area contributed by atoms with Gasteiger partial charge in [-0.2, -0.15) is 0 Å². The second kappa shape index (κ2) is 54.1. The first-order valence-corrected chi connectivity index (χ1v) is 44.8. The van der Waals surface area contributed by atoms with E-state index in [1.807, 2.05) is 182 Å². The smallest absolute Gasteiger partial charge is 0.242 e. The lowest BCUT2D eigenvalue weighted by Crippen LogP contribution is -2.54. The fourth-order valence-corrected chi connectivity index (χ4v) is 18.7. The molecule has 0 aliphatic carbocycles. The van der Waals surface area contributed by atoms with Gasteiger partial charge in [0.2, 0.25) is 41.4 Å². The first-order valence-electron chi connectivity index (χ1n) is 44.8. The quantitative estimate of drug-likeness (QED) is 0.0353. The predicted octanol–water partition coefficient (Wildman–Crippen LogP) is 9.89. The van der Waals surface area contributed by atoms with Crippen molar-refractivity contribution in [1.82, 2.24) is 45.3 Å². The average molecular weight is 1700 g/mol. The molecule has 2 aromatic rings. The van der Waals surface area contributed by atoms with Crippen LogP contribution in [0.3, 0.4) is 0 Å². The lowest BCUT2D eigenvalue weighted by molar-refractivity contribution is -0.149. The van der Waals surface area contributed by atoms with Gasteiger partial charge in [-0.05, 0) is 133 Å². The van der Waals surface area contributed by atoms with E-state index in [-0.39, 0.29) is 191 Å². The van der Waals surface area contributed by atoms with Crippen molar-refractivity contribution in [3.05, 3.63) is 71.8 Å². The molecule has 19 atom stereocenters. The fraction of sp³-hybridized carbons (Fsp3) is 0.755. The van der Waals surface area contributed by atoms with E-state index in [1.165, 1.54) is 14.2 Å². The fourth-order valence-electron chi connectivity index (χ4n) is 18.7. The Bertz CT molecular complexity index is 3480. The number of ether oxygens (including phenoxy) is 5. The summed E-state index contributed by atoms with van der Waals surface area (Å²) in [5.41, 5.74) is 1.64. The molecule has 2 fully saturated rings. The number of unbranched alkanes of at least 4 members (excludes halogenated alkanes) is 1. The minimum absolute atomic E-state index is 0.00158. The standard InChI is InChI=1S/C94H158N10O17/c1-25-63(11)86(101(19)93(114)71(59(3)4)55-78(107)84(61(7)8)99(15)16)80(116-21)57-82(109)103-46-35-42-74(103)88(118-23)65(13)76(105)53-69(51-67-37-29-27-30-38-67)90(111)96-44-34-33-41-73(92(113)97-45-48-120-49-50-121-95)98-91(112)70(52-68-39-31-28-32-40-68)54-77(106)66(14)89(119-24)75-43-36-47-104(75)83(110)58-81(117-22)87(64(12)26-2)102(20)94(115)72(60(5)6)56-79(108)85(62(9)10)100(17)18/h27-32,37-40,59-66,69-75,80-81,84-89H,25-26,33-36,41-58,95H2,1-24H3,(H,96,111)(H,97,113)(H,98,112)/t63-,64-,65-,66-,69+,70+,71-,72-,73-,74-,75-,80+,81+,84-,85-,86-,87-,88+,89+/m0/s1. The summed E-state index contributed by atoms with van der Waals surface area (Å²) in [6.45, 7) is 29.1. The van der Waals surface area contributed by atoms with E-state index in [2.05, 4.69) is 20.8 Å². The molecule has 2 aliphatic rings. The Morgan fingerprint density at radius 2 is 0.860 bits per heavy atom. The summed E-state index contributed by atoms with van der Waals surface area (Å²) in [5.74, 6) is -2.25. The van der Waals surface area contributed by atoms with Crippen molar-refractivity contribution >= 4 is 64.5 Å². The number of ketones is 4. The number of nitrogens with zero attached hydrogens (tertiary/aromatic N) is 6. The third kappa shape index (κ3) is 31.9. The Kier molecular flexibility index (Phi) is 47.5. The van der Waals surface area contributed by atoms with E-state index in [4.69, 9.17) is 29.6 Å². The normalized spacial score (nSPS) is 18.8. The predicted molar refractivity (Wildman–Crippen MR) is 472 cm³/mol. The first-order chi connectivity index (χ1) is 57.3. The van der Waals surface area contributed by atoms with Gasteiger partial charge in [0.05, 0.1) is 93.3 Å². The molecule has 27 nitrogen and oxygen atoms in total. The van der Waals surface area contributed by atoms with Crippen LogP contribution in [0.4, 0.5) is 0 Å². The van der Waals surface area contributed by atoms with Gasteiger partial charge in [0.25, 0.3) is 0 Å². The van der Waals surface area contributed by atoms with E-state index in [0.717, 1.165) is 11.1 Å². The topological polar surface area (TPSA) is 325 Å². The van der Waals surface area contributed by atoms with E-state index in [9.17, 15) is 47.9 Å². The van der Waals surface area contributed by atoms with Crippen LogP contribution in [0.2, 0.25) is 0 Å². The summed E-state index contributed by atoms with van der Waals surface area (Å²) in [6.07, 6.45) is 1.87. The number of carbonyl (C=O) groups is 11. The Morgan fingerprint density at radius 3 is 1.21 bits per heavy atom.